The molecule has 0 radical (unpaired) electrons. The zero-order valence-corrected chi connectivity index (χ0v) is 22.3. The molecular formula is C18H18F16N2S3. The Morgan fingerprint density at radius 3 is 1.10 bits per heavy atom. The van der Waals surface area contributed by atoms with Gasteiger partial charge in [-0.15, -0.1) is 25.3 Å². The molecule has 0 bridgehead atoms. The zero-order valence-electron chi connectivity index (χ0n) is 19.7. The Hall–Kier alpha value is -0.990. The van der Waals surface area contributed by atoms with Crippen LogP contribution in [-0.2, 0) is 13.1 Å². The van der Waals surface area contributed by atoms with Crippen LogP contribution >= 0.6 is 37.5 Å². The van der Waals surface area contributed by atoms with Crippen molar-refractivity contribution in [1.82, 2.24) is 9.13 Å². The third-order valence-electron chi connectivity index (χ3n) is 5.14. The Balaban J connectivity index is 3.71. The first-order chi connectivity index (χ1) is 16.7. The standard InChI is InChI=1S/C18H18F16N2S3/c1-10(2,3)5-35-7(37)8(38)36(9(35)39)6-12(21,22)14(25,26)16(29,30)18(33,34)17(31,32)15(27,28)13(23,24)11(4,19)20/h37-38H,5-6H2,1-4H3. The molecule has 0 N–H and O–H groups in total. The lowest BCUT2D eigenvalue weighted by atomic mass is 9.88. The summed E-state index contributed by atoms with van der Waals surface area (Å²) in [6.45, 7) is 0.457. The third kappa shape index (κ3) is 5.36. The van der Waals surface area contributed by atoms with Crippen molar-refractivity contribution >= 4 is 37.5 Å². The summed E-state index contributed by atoms with van der Waals surface area (Å²) < 4.78 is 220. The highest BCUT2D eigenvalue weighted by molar-refractivity contribution is 7.83. The lowest BCUT2D eigenvalue weighted by molar-refractivity contribution is -0.452. The average molecular weight is 663 g/mol. The molecule has 0 aliphatic heterocycles. The molecule has 0 aliphatic carbocycles. The van der Waals surface area contributed by atoms with Gasteiger partial charge in [-0.2, -0.15) is 70.2 Å². The lowest BCUT2D eigenvalue weighted by Crippen LogP contribution is -2.74. The van der Waals surface area contributed by atoms with E-state index in [1.807, 2.05) is 0 Å². The number of rotatable bonds is 10. The fourth-order valence-corrected chi connectivity index (χ4v) is 3.94. The Morgan fingerprint density at radius 2 is 0.795 bits per heavy atom. The Morgan fingerprint density at radius 1 is 0.513 bits per heavy atom. The fraction of sp³-hybridized carbons (Fsp3) is 0.833. The number of hydrogen-bond donors (Lipinski definition) is 2. The molecule has 0 atom stereocenters. The Bertz CT molecular complexity index is 1130. The van der Waals surface area contributed by atoms with Gasteiger partial charge in [0.05, 0.1) is 6.54 Å². The van der Waals surface area contributed by atoms with Crippen LogP contribution < -0.4 is 0 Å². The summed E-state index contributed by atoms with van der Waals surface area (Å²) in [5.74, 6) is -61.5. The first-order valence-corrected chi connectivity index (χ1v) is 11.2. The van der Waals surface area contributed by atoms with E-state index in [-0.39, 0.29) is 11.1 Å². The molecule has 1 rings (SSSR count). The van der Waals surface area contributed by atoms with Crippen molar-refractivity contribution in [2.45, 2.75) is 98.2 Å². The van der Waals surface area contributed by atoms with Gasteiger partial charge >= 0.3 is 47.4 Å². The number of thiol groups is 2. The van der Waals surface area contributed by atoms with Gasteiger partial charge in [0.15, 0.2) is 4.77 Å². The molecular weight excluding hydrogens is 644 g/mol. The largest absolute Gasteiger partial charge is 0.384 e. The van der Waals surface area contributed by atoms with Crippen molar-refractivity contribution in [2.75, 3.05) is 0 Å². The van der Waals surface area contributed by atoms with Crippen LogP contribution in [0.3, 0.4) is 0 Å². The lowest BCUT2D eigenvalue weighted by Gasteiger charge is -2.43. The number of imidazole rings is 1. The minimum atomic E-state index is -8.47. The second kappa shape index (κ2) is 9.79. The molecule has 0 amide bonds. The van der Waals surface area contributed by atoms with Crippen LogP contribution in [0.1, 0.15) is 27.7 Å². The van der Waals surface area contributed by atoms with E-state index in [2.05, 4.69) is 25.3 Å². The van der Waals surface area contributed by atoms with Crippen molar-refractivity contribution < 1.29 is 70.2 Å². The average Bonchev–Trinajstić information content (AvgIpc) is 2.88. The van der Waals surface area contributed by atoms with Crippen LogP contribution in [0.15, 0.2) is 10.1 Å². The van der Waals surface area contributed by atoms with E-state index in [4.69, 9.17) is 12.2 Å². The molecule has 1 aromatic heterocycles. The molecule has 0 saturated carbocycles. The summed E-state index contributed by atoms with van der Waals surface area (Å²) in [5, 5.41) is -1.26. The van der Waals surface area contributed by atoms with Crippen LogP contribution in [0.4, 0.5) is 70.2 Å². The highest BCUT2D eigenvalue weighted by Crippen LogP contribution is 2.63. The summed E-state index contributed by atoms with van der Waals surface area (Å²) in [4.78, 5) is 0. The van der Waals surface area contributed by atoms with Gasteiger partial charge < -0.3 is 9.13 Å². The molecule has 0 spiro atoms. The maximum atomic E-state index is 14.5. The van der Waals surface area contributed by atoms with E-state index in [0.717, 1.165) is 4.57 Å². The molecule has 0 saturated heterocycles. The second-order valence-corrected chi connectivity index (χ2v) is 10.9. The molecule has 230 valence electrons. The summed E-state index contributed by atoms with van der Waals surface area (Å²) in [7, 11) is 0. The highest BCUT2D eigenvalue weighted by Gasteiger charge is 2.94. The fourth-order valence-electron chi connectivity index (χ4n) is 2.92. The maximum Gasteiger partial charge on any atom is 0.384 e. The van der Waals surface area contributed by atoms with Crippen LogP contribution in [-0.4, -0.2) is 56.5 Å². The Kier molecular flexibility index (Phi) is 9.05. The van der Waals surface area contributed by atoms with E-state index in [9.17, 15) is 70.2 Å². The molecule has 0 aliphatic rings. The summed E-state index contributed by atoms with van der Waals surface area (Å²) >= 11 is 12.2. The van der Waals surface area contributed by atoms with Gasteiger partial charge in [-0.25, -0.2) is 0 Å². The van der Waals surface area contributed by atoms with E-state index in [0.29, 0.717) is 0 Å². The minimum absolute atomic E-state index is 0.146. The highest BCUT2D eigenvalue weighted by atomic mass is 32.1. The molecule has 0 unspecified atom stereocenters. The molecule has 2 nitrogen and oxygen atoms in total. The van der Waals surface area contributed by atoms with Gasteiger partial charge in [-0.1, -0.05) is 20.8 Å². The molecule has 39 heavy (non-hydrogen) atoms. The van der Waals surface area contributed by atoms with Crippen molar-refractivity contribution in [1.29, 1.82) is 0 Å². The first kappa shape index (κ1) is 36.0. The summed E-state index contributed by atoms with van der Waals surface area (Å²) in [5.41, 5.74) is -0.724. The van der Waals surface area contributed by atoms with Crippen LogP contribution in [0.5, 0.6) is 0 Å². The molecule has 1 aromatic rings. The smallest absolute Gasteiger partial charge is 0.311 e. The topological polar surface area (TPSA) is 9.86 Å². The van der Waals surface area contributed by atoms with Gasteiger partial charge in [0, 0.05) is 13.5 Å². The van der Waals surface area contributed by atoms with Crippen molar-refractivity contribution in [3.05, 3.63) is 4.77 Å². The number of aromatic nitrogens is 2. The minimum Gasteiger partial charge on any atom is -0.311 e. The second-order valence-electron chi connectivity index (χ2n) is 9.70. The summed E-state index contributed by atoms with van der Waals surface area (Å²) in [6, 6.07) is 0. The van der Waals surface area contributed by atoms with Gasteiger partial charge in [-0.05, 0) is 17.6 Å². The predicted molar refractivity (Wildman–Crippen MR) is 112 cm³/mol. The Labute approximate surface area is 225 Å². The first-order valence-electron chi connectivity index (χ1n) is 9.91. The van der Waals surface area contributed by atoms with Crippen molar-refractivity contribution in [2.24, 2.45) is 5.41 Å². The monoisotopic (exact) mass is 662 g/mol. The number of halogens is 16. The van der Waals surface area contributed by atoms with Crippen LogP contribution in [0, 0.1) is 10.2 Å². The summed E-state index contributed by atoms with van der Waals surface area (Å²) in [6.07, 6.45) is 0. The van der Waals surface area contributed by atoms with Gasteiger partial charge in [0.25, 0.3) is 0 Å². The van der Waals surface area contributed by atoms with E-state index >= 15 is 0 Å². The predicted octanol–water partition coefficient (Wildman–Crippen LogP) is 8.74. The van der Waals surface area contributed by atoms with Gasteiger partial charge in [-0.3, -0.25) is 0 Å². The molecule has 21 heteroatoms. The number of alkyl halides is 16. The third-order valence-corrected chi connectivity index (χ3v) is 6.67. The van der Waals surface area contributed by atoms with Gasteiger partial charge in [0.1, 0.15) is 10.1 Å². The van der Waals surface area contributed by atoms with Crippen LogP contribution in [0.2, 0.25) is 0 Å². The number of nitrogens with zero attached hydrogens (tertiary/aromatic N) is 2. The van der Waals surface area contributed by atoms with Crippen molar-refractivity contribution in [3.8, 4) is 0 Å². The van der Waals surface area contributed by atoms with Gasteiger partial charge in [0.2, 0.25) is 0 Å². The SMILES string of the molecule is CC(C)(C)Cn1c(S)c(S)n(CC(F)(F)C(F)(F)C(F)(F)C(F)(F)C(F)(F)C(F)(F)C(F)(F)C(C)(F)F)c1=S. The molecule has 0 aromatic carbocycles. The van der Waals surface area contributed by atoms with Crippen molar-refractivity contribution in [3.63, 3.8) is 0 Å². The van der Waals surface area contributed by atoms with Crippen LogP contribution in [0.25, 0.3) is 0 Å². The van der Waals surface area contributed by atoms with E-state index < -0.39 is 81.1 Å². The maximum absolute atomic E-state index is 14.5. The quantitative estimate of drug-likeness (QED) is 0.145. The normalized spacial score (nSPS) is 15.7. The molecule has 0 fully saturated rings. The molecule has 1 heterocycles. The van der Waals surface area contributed by atoms with E-state index in [1.54, 1.807) is 20.8 Å². The number of hydrogen-bond acceptors (Lipinski definition) is 3. The van der Waals surface area contributed by atoms with E-state index in [1.165, 1.54) is 0 Å². The zero-order chi connectivity index (χ0) is 31.8.